The van der Waals surface area contributed by atoms with E-state index in [1.165, 1.54) is 34.8 Å². The number of carbonyl (C=O) groups is 2. The van der Waals surface area contributed by atoms with E-state index in [0.717, 1.165) is 22.3 Å². The summed E-state index contributed by atoms with van der Waals surface area (Å²) in [6.07, 6.45) is 3.01. The number of rotatable bonds is 10. The minimum atomic E-state index is -1.41. The van der Waals surface area contributed by atoms with Gasteiger partial charge >= 0.3 is 241 Å². The fourth-order valence-electron chi connectivity index (χ4n) is 3.82. The Labute approximate surface area is 240 Å². The minimum absolute atomic E-state index is 0.544. The molecule has 0 aliphatic rings. The van der Waals surface area contributed by atoms with E-state index in [1.807, 2.05) is 60.7 Å². The van der Waals surface area contributed by atoms with Crippen LogP contribution in [-0.2, 0) is 17.2 Å². The van der Waals surface area contributed by atoms with Gasteiger partial charge in [0.1, 0.15) is 0 Å². The molecule has 2 aromatic carbocycles. The molecule has 0 aliphatic heterocycles. The second-order valence-electron chi connectivity index (χ2n) is 7.77. The second-order valence-corrected chi connectivity index (χ2v) is 11.1. The van der Waals surface area contributed by atoms with Gasteiger partial charge in [-0.2, -0.15) is 0 Å². The Hall–Kier alpha value is -2.63. The Morgan fingerprint density at radius 3 is 1.46 bits per heavy atom. The van der Waals surface area contributed by atoms with E-state index in [2.05, 4.69) is 13.2 Å². The molecule has 0 amide bonds. The summed E-state index contributed by atoms with van der Waals surface area (Å²) in [7, 11) is 0. The first-order valence-corrected chi connectivity index (χ1v) is 14.5. The van der Waals surface area contributed by atoms with Crippen molar-refractivity contribution in [3.63, 3.8) is 0 Å². The third-order valence-corrected chi connectivity index (χ3v) is 9.19. The van der Waals surface area contributed by atoms with Crippen LogP contribution in [0.2, 0.25) is 10.0 Å². The summed E-state index contributed by atoms with van der Waals surface area (Å²) in [5.74, 6) is -2.63. The molecule has 0 fully saturated rings. The molecule has 184 valence electrons. The number of thiophene rings is 2. The molecule has 37 heavy (non-hydrogen) atoms. The molecule has 0 aliphatic carbocycles. The molecular weight excluding hydrogens is 562 g/mol. The Bertz CT molecular complexity index is 1310. The van der Waals surface area contributed by atoms with E-state index in [-0.39, 0.29) is 0 Å². The zero-order valence-corrected chi connectivity index (χ0v) is 23.7. The molecule has 2 aromatic heterocycles. The molecule has 0 bridgehead atoms. The van der Waals surface area contributed by atoms with Crippen molar-refractivity contribution in [2.75, 3.05) is 0 Å². The number of benzene rings is 2. The molecule has 9 heteroatoms. The maximum atomic E-state index is 13.0. The molecule has 0 radical (unpaired) electrons. The Balaban J connectivity index is 1.45. The number of carbonyl (C=O) groups excluding carboxylic acids is 2. The molecule has 0 saturated heterocycles. The number of hydrogen-bond acceptors (Lipinski definition) is 6. The molecule has 0 N–H and O–H groups in total. The van der Waals surface area contributed by atoms with Gasteiger partial charge in [0, 0.05) is 0 Å². The van der Waals surface area contributed by atoms with Gasteiger partial charge in [-0.05, 0) is 0 Å². The van der Waals surface area contributed by atoms with Gasteiger partial charge in [0.05, 0.1) is 0 Å². The molecule has 4 nitrogen and oxygen atoms in total. The predicted octanol–water partition coefficient (Wildman–Crippen LogP) is 8.31. The van der Waals surface area contributed by atoms with Crippen LogP contribution in [0.25, 0.3) is 22.3 Å². The van der Waals surface area contributed by atoms with Crippen LogP contribution in [0.3, 0.4) is 0 Å². The Morgan fingerprint density at radius 2 is 1.11 bits per heavy atom. The predicted molar refractivity (Wildman–Crippen MR) is 153 cm³/mol. The van der Waals surface area contributed by atoms with Crippen molar-refractivity contribution in [1.29, 1.82) is 0 Å². The summed E-state index contributed by atoms with van der Waals surface area (Å²) in [5, 5.41) is 4.65. The van der Waals surface area contributed by atoms with Gasteiger partial charge in [0.2, 0.25) is 0 Å². The summed E-state index contributed by atoms with van der Waals surface area (Å²) in [4.78, 5) is 27.4. The van der Waals surface area contributed by atoms with Gasteiger partial charge in [-0.3, -0.25) is 0 Å². The van der Waals surface area contributed by atoms with Crippen LogP contribution < -0.4 is 0 Å². The normalized spacial score (nSPS) is 12.2. The molecule has 2 unspecified atom stereocenters. The molecule has 4 aromatic rings. The van der Waals surface area contributed by atoms with Gasteiger partial charge in [-0.25, -0.2) is 0 Å². The van der Waals surface area contributed by atoms with Crippen molar-refractivity contribution in [1.82, 2.24) is 0 Å². The van der Waals surface area contributed by atoms with Crippen molar-refractivity contribution in [3.8, 4) is 22.3 Å². The zero-order valence-electron chi connectivity index (χ0n) is 19.4. The van der Waals surface area contributed by atoms with Crippen molar-refractivity contribution >= 4 is 73.7 Å². The van der Waals surface area contributed by atoms with E-state index in [4.69, 9.17) is 30.8 Å². The monoisotopic (exact) mass is 581 g/mol. The average Bonchev–Trinajstić information content (AvgIpc) is 3.48. The van der Waals surface area contributed by atoms with Crippen molar-refractivity contribution in [2.24, 2.45) is 0 Å². The molecule has 4 rings (SSSR count). The molecule has 0 saturated carbocycles. The number of halogens is 2. The second kappa shape index (κ2) is 12.8. The summed E-state index contributed by atoms with van der Waals surface area (Å²) in [6, 6.07) is 19.1. The van der Waals surface area contributed by atoms with E-state index in [9.17, 15) is 9.59 Å². The average molecular weight is 582 g/mol. The van der Waals surface area contributed by atoms with Crippen LogP contribution >= 0.6 is 45.9 Å². The van der Waals surface area contributed by atoms with E-state index >= 15 is 0 Å². The van der Waals surface area contributed by atoms with E-state index in [1.54, 1.807) is 10.8 Å². The van der Waals surface area contributed by atoms with Crippen molar-refractivity contribution < 1.29 is 17.2 Å². The van der Waals surface area contributed by atoms with Gasteiger partial charge in [-0.1, -0.05) is 0 Å². The van der Waals surface area contributed by atoms with Gasteiger partial charge in [-0.15, -0.1) is 0 Å². The fourth-order valence-corrected chi connectivity index (χ4v) is 7.21. The first kappa shape index (κ1) is 27.4. The van der Waals surface area contributed by atoms with Gasteiger partial charge < -0.3 is 0 Å². The number of hydrogen-bond donors (Lipinski definition) is 0. The van der Waals surface area contributed by atoms with Gasteiger partial charge in [0.25, 0.3) is 0 Å². The summed E-state index contributed by atoms with van der Waals surface area (Å²) >= 11 is 14.2. The molecule has 2 heterocycles. The van der Waals surface area contributed by atoms with Crippen molar-refractivity contribution in [3.05, 3.63) is 117 Å². The quantitative estimate of drug-likeness (QED) is 0.139. The summed E-state index contributed by atoms with van der Waals surface area (Å²) in [5.41, 5.74) is 3.30. The maximum absolute atomic E-state index is 13.0. The van der Waals surface area contributed by atoms with Crippen LogP contribution in [0.5, 0.6) is 0 Å². The molecular formula is C28H20AlCl2O4S2+. The SMILES string of the molecule is C=CC(C(=O)[O][Al+][O]C(=O)C(C=C)c1scc(Cl)c1-c1ccccc1)c1scc(Cl)c1-c1ccccc1. The third kappa shape index (κ3) is 6.10. The molecule has 0 spiro atoms. The summed E-state index contributed by atoms with van der Waals surface area (Å²) in [6.45, 7) is 7.62. The zero-order chi connectivity index (χ0) is 26.4. The Kier molecular flexibility index (Phi) is 9.45. The van der Waals surface area contributed by atoms with Crippen LogP contribution in [0.4, 0.5) is 0 Å². The standard InChI is InChI=1S/2C14H11ClO2S.Al/c2*1-2-10(14(16)17)13-12(11(15)8-18-13)9-6-4-3-5-7-9;/h2*2-8,10H,1H2,(H,16,17);/q;;+3/p-2. The third-order valence-electron chi connectivity index (χ3n) is 5.55. The van der Waals surface area contributed by atoms with Crippen LogP contribution in [0.15, 0.2) is 96.7 Å². The van der Waals surface area contributed by atoms with Crippen LogP contribution in [0.1, 0.15) is 21.6 Å². The van der Waals surface area contributed by atoms with E-state index in [0.29, 0.717) is 19.8 Å². The van der Waals surface area contributed by atoms with E-state index < -0.39 is 39.7 Å². The first-order chi connectivity index (χ1) is 18.0. The Morgan fingerprint density at radius 1 is 0.730 bits per heavy atom. The first-order valence-electron chi connectivity index (χ1n) is 11.1. The van der Waals surface area contributed by atoms with Crippen LogP contribution in [0, 0.1) is 0 Å². The topological polar surface area (TPSA) is 52.6 Å². The van der Waals surface area contributed by atoms with Crippen molar-refractivity contribution in [2.45, 2.75) is 11.8 Å². The molecule has 2 atom stereocenters. The fraction of sp³-hybridized carbons (Fsp3) is 0.0714. The summed E-state index contributed by atoms with van der Waals surface area (Å²) < 4.78 is 10.8. The van der Waals surface area contributed by atoms with Gasteiger partial charge in [0.15, 0.2) is 0 Å². The van der Waals surface area contributed by atoms with Crippen LogP contribution in [-0.4, -0.2) is 27.8 Å².